The molecule has 0 spiro atoms. The van der Waals surface area contributed by atoms with E-state index in [4.69, 9.17) is 9.47 Å². The van der Waals surface area contributed by atoms with Gasteiger partial charge < -0.3 is 9.47 Å². The van der Waals surface area contributed by atoms with Crippen molar-refractivity contribution >= 4 is 11.9 Å². The van der Waals surface area contributed by atoms with E-state index in [2.05, 4.69) is 81.4 Å². The highest BCUT2D eigenvalue weighted by molar-refractivity contribution is 6.05. The van der Waals surface area contributed by atoms with Gasteiger partial charge in [-0.1, -0.05) is 106 Å². The number of carbonyl (C=O) groups excluding carboxylic acids is 2. The summed E-state index contributed by atoms with van der Waals surface area (Å²) in [6, 6.07) is 12.2. The normalized spacial score (nSPS) is 19.6. The fourth-order valence-electron chi connectivity index (χ4n) is 5.92. The Labute approximate surface area is 234 Å². The van der Waals surface area contributed by atoms with E-state index in [-0.39, 0.29) is 29.1 Å². The van der Waals surface area contributed by atoms with Gasteiger partial charge in [0.25, 0.3) is 0 Å². The van der Waals surface area contributed by atoms with Crippen LogP contribution < -0.4 is 9.47 Å². The quantitative estimate of drug-likeness (QED) is 0.195. The first-order valence-electron chi connectivity index (χ1n) is 14.4. The minimum atomic E-state index is -0.463. The molecule has 0 aromatic heterocycles. The lowest BCUT2D eigenvalue weighted by Crippen LogP contribution is -2.24. The van der Waals surface area contributed by atoms with Crippen LogP contribution in [0.25, 0.3) is 0 Å². The number of ether oxygens (including phenoxy) is 2. The Kier molecular flexibility index (Phi) is 7.98. The average molecular weight is 529 g/mol. The van der Waals surface area contributed by atoms with E-state index in [1.165, 1.54) is 0 Å². The molecule has 208 valence electrons. The first-order chi connectivity index (χ1) is 18.2. The highest BCUT2D eigenvalue weighted by Gasteiger charge is 2.55. The Morgan fingerprint density at radius 1 is 0.615 bits per heavy atom. The summed E-state index contributed by atoms with van der Waals surface area (Å²) in [6.45, 7) is 21.0. The zero-order chi connectivity index (χ0) is 28.8. The SMILES string of the molecule is CC(C)c1ccc(C(C)C)c(OC(=O)C2=C(C(=O)Oc3cc(C(C)C)ccc3C(C)C)C3C=CC2C3(C)C)c1. The Balaban J connectivity index is 1.75. The minimum Gasteiger partial charge on any atom is -0.423 e. The third-order valence-electron chi connectivity index (χ3n) is 8.51. The van der Waals surface area contributed by atoms with Gasteiger partial charge in [0.15, 0.2) is 0 Å². The molecule has 4 nitrogen and oxygen atoms in total. The van der Waals surface area contributed by atoms with Gasteiger partial charge in [-0.05, 0) is 63.5 Å². The molecule has 0 radical (unpaired) electrons. The molecular weight excluding hydrogens is 484 g/mol. The zero-order valence-electron chi connectivity index (χ0n) is 25.2. The zero-order valence-corrected chi connectivity index (χ0v) is 25.2. The highest BCUT2D eigenvalue weighted by atomic mass is 16.5. The smallest absolute Gasteiger partial charge is 0.340 e. The molecule has 2 aliphatic rings. The van der Waals surface area contributed by atoms with Crippen LogP contribution in [0.3, 0.4) is 0 Å². The van der Waals surface area contributed by atoms with Crippen molar-refractivity contribution in [3.8, 4) is 11.5 Å². The molecule has 0 saturated carbocycles. The van der Waals surface area contributed by atoms with Crippen molar-refractivity contribution in [3.05, 3.63) is 82.0 Å². The maximum absolute atomic E-state index is 13.9. The summed E-state index contributed by atoms with van der Waals surface area (Å²) < 4.78 is 12.3. The lowest BCUT2D eigenvalue weighted by atomic mass is 9.77. The summed E-state index contributed by atoms with van der Waals surface area (Å²) in [5, 5.41) is 0. The van der Waals surface area contributed by atoms with Gasteiger partial charge in [0.1, 0.15) is 11.5 Å². The molecule has 0 fully saturated rings. The van der Waals surface area contributed by atoms with Crippen molar-refractivity contribution in [3.63, 3.8) is 0 Å². The van der Waals surface area contributed by atoms with Gasteiger partial charge in [-0.3, -0.25) is 0 Å². The Morgan fingerprint density at radius 3 is 1.28 bits per heavy atom. The summed E-state index contributed by atoms with van der Waals surface area (Å²) in [7, 11) is 0. The molecule has 4 heteroatoms. The highest BCUT2D eigenvalue weighted by Crippen LogP contribution is 2.57. The summed E-state index contributed by atoms with van der Waals surface area (Å²) in [5.41, 5.74) is 4.70. The Morgan fingerprint density at radius 2 is 0.974 bits per heavy atom. The molecule has 2 atom stereocenters. The van der Waals surface area contributed by atoms with Gasteiger partial charge in [0.05, 0.1) is 11.1 Å². The van der Waals surface area contributed by atoms with Crippen molar-refractivity contribution in [1.82, 2.24) is 0 Å². The molecule has 39 heavy (non-hydrogen) atoms. The molecule has 4 rings (SSSR count). The summed E-state index contributed by atoms with van der Waals surface area (Å²) >= 11 is 0. The molecule has 0 saturated heterocycles. The Bertz CT molecular complexity index is 1240. The van der Waals surface area contributed by atoms with Crippen LogP contribution in [0.15, 0.2) is 59.7 Å². The van der Waals surface area contributed by atoms with Crippen molar-refractivity contribution in [2.45, 2.75) is 92.9 Å². The second-order valence-electron chi connectivity index (χ2n) is 13.0. The van der Waals surface area contributed by atoms with E-state index < -0.39 is 11.9 Å². The summed E-state index contributed by atoms with van der Waals surface area (Å²) in [6.07, 6.45) is 4.09. The predicted octanol–water partition coefficient (Wildman–Crippen LogP) is 8.83. The second kappa shape index (κ2) is 10.8. The van der Waals surface area contributed by atoms with Gasteiger partial charge in [-0.25, -0.2) is 9.59 Å². The van der Waals surface area contributed by atoms with Gasteiger partial charge in [-0.15, -0.1) is 0 Å². The lowest BCUT2D eigenvalue weighted by molar-refractivity contribution is -0.133. The second-order valence-corrected chi connectivity index (χ2v) is 13.0. The van der Waals surface area contributed by atoms with Crippen molar-refractivity contribution < 1.29 is 19.1 Å². The minimum absolute atomic E-state index is 0.187. The molecule has 2 aromatic carbocycles. The van der Waals surface area contributed by atoms with Gasteiger partial charge in [0.2, 0.25) is 0 Å². The monoisotopic (exact) mass is 528 g/mol. The fourth-order valence-corrected chi connectivity index (χ4v) is 5.92. The maximum atomic E-state index is 13.9. The Hall–Kier alpha value is -3.14. The van der Waals surface area contributed by atoms with Crippen LogP contribution in [0.1, 0.15) is 115 Å². The lowest BCUT2D eigenvalue weighted by Gasteiger charge is -2.26. The molecule has 2 aromatic rings. The molecule has 2 aliphatic carbocycles. The number of rotatable bonds is 8. The number of fused-ring (bicyclic) bond motifs is 2. The number of allylic oxidation sites excluding steroid dienone is 2. The van der Waals surface area contributed by atoms with Gasteiger partial charge in [0, 0.05) is 11.8 Å². The standard InChI is InChI=1S/C35H44O4/c1-19(2)23-11-13-25(21(5)6)29(17-23)38-33(36)31-27-15-16-28(35(27,9)10)32(31)34(37)39-30-18-24(20(3)4)12-14-26(30)22(7)8/h11-22,27-28H,1-10H3. The number of hydrogen-bond acceptors (Lipinski definition) is 4. The van der Waals surface area contributed by atoms with E-state index in [1.54, 1.807) is 0 Å². The average Bonchev–Trinajstić information content (AvgIpc) is 3.28. The number of benzene rings is 2. The van der Waals surface area contributed by atoms with E-state index in [0.717, 1.165) is 22.3 Å². The van der Waals surface area contributed by atoms with Gasteiger partial charge >= 0.3 is 11.9 Å². The summed E-state index contributed by atoms with van der Waals surface area (Å²) in [4.78, 5) is 27.8. The number of carbonyl (C=O) groups is 2. The van der Waals surface area contributed by atoms with Crippen LogP contribution in [-0.4, -0.2) is 11.9 Å². The third kappa shape index (κ3) is 5.35. The molecule has 0 amide bonds. The van der Waals surface area contributed by atoms with Crippen molar-refractivity contribution in [1.29, 1.82) is 0 Å². The van der Waals surface area contributed by atoms with E-state index in [9.17, 15) is 9.59 Å². The first-order valence-corrected chi connectivity index (χ1v) is 14.4. The molecule has 0 aliphatic heterocycles. The molecule has 2 unspecified atom stereocenters. The van der Waals surface area contributed by atoms with E-state index >= 15 is 0 Å². The largest absolute Gasteiger partial charge is 0.423 e. The molecular formula is C35H44O4. The number of esters is 2. The maximum Gasteiger partial charge on any atom is 0.340 e. The van der Waals surface area contributed by atoms with E-state index in [0.29, 0.717) is 34.5 Å². The van der Waals surface area contributed by atoms with Gasteiger partial charge in [-0.2, -0.15) is 0 Å². The molecule has 0 heterocycles. The van der Waals surface area contributed by atoms with Crippen LogP contribution in [0.2, 0.25) is 0 Å². The molecule has 0 N–H and O–H groups in total. The topological polar surface area (TPSA) is 52.6 Å². The van der Waals surface area contributed by atoms with Crippen LogP contribution in [0.4, 0.5) is 0 Å². The van der Waals surface area contributed by atoms with Crippen LogP contribution in [0, 0.1) is 17.3 Å². The van der Waals surface area contributed by atoms with Crippen LogP contribution >= 0.6 is 0 Å². The molecule has 2 bridgehead atoms. The fraction of sp³-hybridized carbons (Fsp3) is 0.486. The van der Waals surface area contributed by atoms with Crippen molar-refractivity contribution in [2.24, 2.45) is 17.3 Å². The first kappa shape index (κ1) is 28.9. The van der Waals surface area contributed by atoms with Crippen LogP contribution in [0.5, 0.6) is 11.5 Å². The van der Waals surface area contributed by atoms with Crippen LogP contribution in [-0.2, 0) is 9.59 Å². The predicted molar refractivity (Wildman–Crippen MR) is 157 cm³/mol. The summed E-state index contributed by atoms with van der Waals surface area (Å²) in [5.74, 6) is 0.765. The number of hydrogen-bond donors (Lipinski definition) is 0. The third-order valence-corrected chi connectivity index (χ3v) is 8.51. The van der Waals surface area contributed by atoms with E-state index in [1.807, 2.05) is 36.4 Å². The van der Waals surface area contributed by atoms with Crippen molar-refractivity contribution in [2.75, 3.05) is 0 Å².